The van der Waals surface area contributed by atoms with Crippen LogP contribution in [0.1, 0.15) is 29.5 Å². The third-order valence-corrected chi connectivity index (χ3v) is 9.52. The molecule has 1 heterocycles. The Morgan fingerprint density at radius 1 is 1.10 bits per heavy atom. The van der Waals surface area contributed by atoms with Crippen molar-refractivity contribution in [2.24, 2.45) is 0 Å². The van der Waals surface area contributed by atoms with Gasteiger partial charge >= 0.3 is 0 Å². The molecule has 0 saturated heterocycles. The number of nitrogens with zero attached hydrogens (tertiary/aromatic N) is 2. The second kappa shape index (κ2) is 12.2. The van der Waals surface area contributed by atoms with E-state index in [1.807, 2.05) is 24.3 Å². The minimum absolute atomic E-state index is 0.0294. The van der Waals surface area contributed by atoms with Gasteiger partial charge in [0.1, 0.15) is 11.6 Å². The molecule has 1 aliphatic rings. The number of amides is 3. The van der Waals surface area contributed by atoms with Gasteiger partial charge in [0.15, 0.2) is 15.1 Å². The van der Waals surface area contributed by atoms with E-state index in [0.717, 1.165) is 35.3 Å². The zero-order valence-corrected chi connectivity index (χ0v) is 22.9. The Balaban J connectivity index is 1.59. The highest BCUT2D eigenvalue weighted by molar-refractivity contribution is 7.92. The smallest absolute Gasteiger partial charge is 0.252 e. The maximum absolute atomic E-state index is 13.1. The topological polar surface area (TPSA) is 166 Å². The molecule has 3 aromatic rings. The Kier molecular flexibility index (Phi) is 8.95. The lowest BCUT2D eigenvalue weighted by atomic mass is 10.1. The maximum Gasteiger partial charge on any atom is 0.252 e. The number of aromatic nitrogens is 1. The second-order valence-corrected chi connectivity index (χ2v) is 12.5. The van der Waals surface area contributed by atoms with Crippen molar-refractivity contribution < 1.29 is 33.0 Å². The first-order chi connectivity index (χ1) is 18.6. The third kappa shape index (κ3) is 6.98. The number of anilines is 1. The molecule has 13 heteroatoms. The van der Waals surface area contributed by atoms with E-state index in [2.05, 4.69) is 15.6 Å². The molecule has 0 radical (unpaired) electrons. The predicted octanol–water partition coefficient (Wildman–Crippen LogP) is 1.15. The van der Waals surface area contributed by atoms with E-state index in [1.54, 1.807) is 25.2 Å². The van der Waals surface area contributed by atoms with Crippen LogP contribution in [0.4, 0.5) is 5.69 Å². The first kappa shape index (κ1) is 28.6. The number of carbonyl (C=O) groups is 3. The number of sulfone groups is 1. The Morgan fingerprint density at radius 3 is 2.44 bits per heavy atom. The van der Waals surface area contributed by atoms with Crippen LogP contribution in [0.3, 0.4) is 0 Å². The Morgan fingerprint density at radius 2 is 1.79 bits per heavy atom. The number of likely N-dealkylation sites (N-methyl/N-ethyl adjacent to an activating group) is 1. The standard InChI is InChI=1S/C26H30N4O7S2/c1-30(23(34)15-32)19-8-3-16(4-9-19)17-5-10-20-21(13-17)38-26(29-20)24(39(36,37)12-2-11-31)25(35)27-14-22(33)28-18-6-7-18/h3-5,8-10,13,18,24,31-32H,2,6-7,11-12,14-15H2,1H3,(H,27,35)(H,28,33). The van der Waals surface area contributed by atoms with Crippen LogP contribution < -0.4 is 15.5 Å². The van der Waals surface area contributed by atoms with Gasteiger partial charge in [0.05, 0.1) is 22.5 Å². The van der Waals surface area contributed by atoms with Crippen molar-refractivity contribution in [3.05, 3.63) is 47.5 Å². The summed E-state index contributed by atoms with van der Waals surface area (Å²) in [6, 6.07) is 12.6. The summed E-state index contributed by atoms with van der Waals surface area (Å²) >= 11 is 1.08. The maximum atomic E-state index is 13.1. The SMILES string of the molecule is CN(C(=O)CO)c1ccc(-c2ccc3nc(C(C(=O)NCC(=O)NC4CC4)S(=O)(=O)CCCO)sc3c2)cc1. The van der Waals surface area contributed by atoms with Crippen LogP contribution in [0.5, 0.6) is 0 Å². The molecule has 1 aromatic heterocycles. The molecule has 0 bridgehead atoms. The van der Waals surface area contributed by atoms with Gasteiger partial charge in [-0.1, -0.05) is 18.2 Å². The summed E-state index contributed by atoms with van der Waals surface area (Å²) < 4.78 is 26.9. The highest BCUT2D eigenvalue weighted by Gasteiger charge is 2.37. The molecule has 0 spiro atoms. The van der Waals surface area contributed by atoms with Crippen molar-refractivity contribution in [2.75, 3.05) is 37.5 Å². The first-order valence-electron chi connectivity index (χ1n) is 12.4. The van der Waals surface area contributed by atoms with E-state index in [-0.39, 0.29) is 36.5 Å². The van der Waals surface area contributed by atoms with E-state index in [9.17, 15) is 22.8 Å². The first-order valence-corrected chi connectivity index (χ1v) is 14.9. The molecule has 11 nitrogen and oxygen atoms in total. The number of rotatable bonds is 12. The van der Waals surface area contributed by atoms with Gasteiger partial charge < -0.3 is 25.7 Å². The number of carbonyl (C=O) groups excluding carboxylic acids is 3. The van der Waals surface area contributed by atoms with E-state index in [1.165, 1.54) is 4.90 Å². The highest BCUT2D eigenvalue weighted by Crippen LogP contribution is 2.34. The quantitative estimate of drug-likeness (QED) is 0.250. The molecule has 4 rings (SSSR count). The molecule has 208 valence electrons. The summed E-state index contributed by atoms with van der Waals surface area (Å²) in [5.74, 6) is -2.06. The number of aliphatic hydroxyl groups is 2. The number of nitrogens with one attached hydrogen (secondary N) is 2. The monoisotopic (exact) mass is 574 g/mol. The summed E-state index contributed by atoms with van der Waals surface area (Å²) in [5, 5.41) is 21.9. The van der Waals surface area contributed by atoms with Crippen LogP contribution >= 0.6 is 11.3 Å². The molecule has 3 amide bonds. The van der Waals surface area contributed by atoms with Crippen LogP contribution in [0, 0.1) is 0 Å². The molecular weight excluding hydrogens is 544 g/mol. The Bertz CT molecular complexity index is 1470. The van der Waals surface area contributed by atoms with E-state index in [0.29, 0.717) is 15.9 Å². The number of benzene rings is 2. The summed E-state index contributed by atoms with van der Waals surface area (Å²) in [6.07, 6.45) is 1.74. The molecule has 0 aliphatic heterocycles. The van der Waals surface area contributed by atoms with Crippen LogP contribution in [0.25, 0.3) is 21.3 Å². The van der Waals surface area contributed by atoms with Gasteiger partial charge in [-0.15, -0.1) is 11.3 Å². The van der Waals surface area contributed by atoms with Gasteiger partial charge in [0.2, 0.25) is 11.8 Å². The zero-order chi connectivity index (χ0) is 28.2. The lowest BCUT2D eigenvalue weighted by Crippen LogP contribution is -2.41. The van der Waals surface area contributed by atoms with Gasteiger partial charge in [-0.05, 0) is 54.7 Å². The van der Waals surface area contributed by atoms with E-state index in [4.69, 9.17) is 10.2 Å². The summed E-state index contributed by atoms with van der Waals surface area (Å²) in [7, 11) is -2.46. The largest absolute Gasteiger partial charge is 0.396 e. The number of hydrogen-bond acceptors (Lipinski definition) is 9. The lowest BCUT2D eigenvalue weighted by Gasteiger charge is -2.16. The van der Waals surface area contributed by atoms with Crippen molar-refractivity contribution in [1.82, 2.24) is 15.6 Å². The van der Waals surface area contributed by atoms with Crippen molar-refractivity contribution in [2.45, 2.75) is 30.6 Å². The number of thiazole rings is 1. The normalized spacial score (nSPS) is 14.1. The van der Waals surface area contributed by atoms with Crippen molar-refractivity contribution >= 4 is 54.8 Å². The van der Waals surface area contributed by atoms with E-state index < -0.39 is 39.3 Å². The van der Waals surface area contributed by atoms with Crippen molar-refractivity contribution in [1.29, 1.82) is 0 Å². The van der Waals surface area contributed by atoms with Gasteiger partial charge in [-0.3, -0.25) is 14.4 Å². The summed E-state index contributed by atoms with van der Waals surface area (Å²) in [4.78, 5) is 42.6. The average Bonchev–Trinajstić information content (AvgIpc) is 3.65. The second-order valence-electron chi connectivity index (χ2n) is 9.28. The fourth-order valence-electron chi connectivity index (χ4n) is 3.94. The molecule has 2 aromatic carbocycles. The van der Waals surface area contributed by atoms with Crippen molar-refractivity contribution in [3.8, 4) is 11.1 Å². The van der Waals surface area contributed by atoms with E-state index >= 15 is 0 Å². The zero-order valence-electron chi connectivity index (χ0n) is 21.3. The molecule has 1 atom stereocenters. The van der Waals surface area contributed by atoms with Gasteiger partial charge in [0, 0.05) is 25.4 Å². The summed E-state index contributed by atoms with van der Waals surface area (Å²) in [6.45, 7) is -1.28. The van der Waals surface area contributed by atoms with Crippen LogP contribution in [0.15, 0.2) is 42.5 Å². The molecule has 1 saturated carbocycles. The minimum Gasteiger partial charge on any atom is -0.396 e. The lowest BCUT2D eigenvalue weighted by molar-refractivity contribution is -0.126. The van der Waals surface area contributed by atoms with Gasteiger partial charge in [0.25, 0.3) is 5.91 Å². The molecule has 1 unspecified atom stereocenters. The van der Waals surface area contributed by atoms with Gasteiger partial charge in [-0.25, -0.2) is 13.4 Å². The van der Waals surface area contributed by atoms with Crippen LogP contribution in [0.2, 0.25) is 0 Å². The molecule has 39 heavy (non-hydrogen) atoms. The Labute approximate surface area is 229 Å². The highest BCUT2D eigenvalue weighted by atomic mass is 32.2. The van der Waals surface area contributed by atoms with Crippen LogP contribution in [-0.4, -0.2) is 79.9 Å². The number of hydrogen-bond donors (Lipinski definition) is 4. The van der Waals surface area contributed by atoms with Crippen LogP contribution in [-0.2, 0) is 24.2 Å². The van der Waals surface area contributed by atoms with Crippen molar-refractivity contribution in [3.63, 3.8) is 0 Å². The van der Waals surface area contributed by atoms with Gasteiger partial charge in [-0.2, -0.15) is 0 Å². The number of aliphatic hydroxyl groups excluding tert-OH is 2. The Hall–Kier alpha value is -3.39. The molecular formula is C26H30N4O7S2. The fraction of sp³-hybridized carbons (Fsp3) is 0.385. The number of fused-ring (bicyclic) bond motifs is 1. The molecule has 1 aliphatic carbocycles. The average molecular weight is 575 g/mol. The molecule has 1 fully saturated rings. The summed E-state index contributed by atoms with van der Waals surface area (Å²) in [5.41, 5.74) is 2.80. The third-order valence-electron chi connectivity index (χ3n) is 6.28. The predicted molar refractivity (Wildman–Crippen MR) is 148 cm³/mol. The molecule has 4 N–H and O–H groups in total. The fourth-order valence-corrected chi connectivity index (χ4v) is 7.05. The minimum atomic E-state index is -4.03.